The zero-order valence-electron chi connectivity index (χ0n) is 15.6. The zero-order chi connectivity index (χ0) is 22.1. The molecule has 2 rings (SSSR count). The van der Waals surface area contributed by atoms with E-state index < -0.39 is 30.2 Å². The molecule has 2 aromatic carbocycles. The third-order valence-corrected chi connectivity index (χ3v) is 4.10. The Morgan fingerprint density at radius 2 is 1.67 bits per heavy atom. The summed E-state index contributed by atoms with van der Waals surface area (Å²) in [6, 6.07) is 10.8. The van der Waals surface area contributed by atoms with Crippen molar-refractivity contribution in [2.45, 2.75) is 25.4 Å². The highest BCUT2D eigenvalue weighted by atomic mass is 35.5. The molecule has 0 unspecified atom stereocenters. The molecule has 2 N–H and O–H groups in total. The largest absolute Gasteiger partial charge is 0.456 e. The summed E-state index contributed by atoms with van der Waals surface area (Å²) in [6.07, 6.45) is -4.42. The Kier molecular flexibility index (Phi) is 8.23. The van der Waals surface area contributed by atoms with Crippen LogP contribution in [0.4, 0.5) is 24.5 Å². The summed E-state index contributed by atoms with van der Waals surface area (Å²) < 4.78 is 42.7. The molecule has 30 heavy (non-hydrogen) atoms. The van der Waals surface area contributed by atoms with Crippen LogP contribution < -0.4 is 10.6 Å². The monoisotopic (exact) mass is 442 g/mol. The molecule has 0 saturated heterocycles. The number of carbonyl (C=O) groups excluding carboxylic acids is 3. The lowest BCUT2D eigenvalue weighted by Gasteiger charge is -2.10. The summed E-state index contributed by atoms with van der Waals surface area (Å²) >= 11 is 5.93. The van der Waals surface area contributed by atoms with Gasteiger partial charge in [-0.05, 0) is 36.8 Å². The van der Waals surface area contributed by atoms with E-state index in [4.69, 9.17) is 16.3 Å². The van der Waals surface area contributed by atoms with Gasteiger partial charge in [0.2, 0.25) is 5.91 Å². The quantitative estimate of drug-likeness (QED) is 0.583. The molecule has 10 heteroatoms. The molecule has 0 saturated carbocycles. The van der Waals surface area contributed by atoms with Gasteiger partial charge in [-0.25, -0.2) is 0 Å². The van der Waals surface area contributed by atoms with Crippen LogP contribution in [0.1, 0.15) is 24.8 Å². The number of esters is 1. The SMILES string of the molecule is O=C(COC(=O)CCCC(=O)Nc1ccccc1Cl)Nc1cccc(C(F)(F)F)c1. The van der Waals surface area contributed by atoms with E-state index in [1.807, 2.05) is 0 Å². The van der Waals surface area contributed by atoms with E-state index in [0.717, 1.165) is 18.2 Å². The Morgan fingerprint density at radius 1 is 0.933 bits per heavy atom. The smallest absolute Gasteiger partial charge is 0.416 e. The molecule has 0 heterocycles. The second-order valence-electron chi connectivity index (χ2n) is 6.17. The van der Waals surface area contributed by atoms with Crippen LogP contribution in [0.2, 0.25) is 5.02 Å². The average Bonchev–Trinajstić information content (AvgIpc) is 2.68. The molecule has 0 aromatic heterocycles. The van der Waals surface area contributed by atoms with Gasteiger partial charge in [-0.15, -0.1) is 0 Å². The summed E-state index contributed by atoms with van der Waals surface area (Å²) in [5, 5.41) is 5.22. The molecule has 0 aliphatic heterocycles. The standard InChI is InChI=1S/C20H18ClF3N2O4/c21-15-7-1-2-8-16(15)26-17(27)9-4-10-19(29)30-12-18(28)25-14-6-3-5-13(11-14)20(22,23)24/h1-3,5-8,11H,4,9-10,12H2,(H,25,28)(H,26,27). The van der Waals surface area contributed by atoms with Gasteiger partial charge in [0.25, 0.3) is 5.91 Å². The maximum atomic E-state index is 12.7. The fourth-order valence-electron chi connectivity index (χ4n) is 2.36. The summed E-state index contributed by atoms with van der Waals surface area (Å²) in [6.45, 7) is -0.652. The van der Waals surface area contributed by atoms with Gasteiger partial charge in [-0.2, -0.15) is 13.2 Å². The number of rotatable bonds is 8. The van der Waals surface area contributed by atoms with Crippen molar-refractivity contribution < 1.29 is 32.3 Å². The van der Waals surface area contributed by atoms with Crippen LogP contribution in [0.3, 0.4) is 0 Å². The number of benzene rings is 2. The number of alkyl halides is 3. The first-order chi connectivity index (χ1) is 14.1. The summed E-state index contributed by atoms with van der Waals surface area (Å²) in [7, 11) is 0. The van der Waals surface area contributed by atoms with Crippen molar-refractivity contribution in [3.63, 3.8) is 0 Å². The van der Waals surface area contributed by atoms with Crippen molar-refractivity contribution in [1.29, 1.82) is 0 Å². The van der Waals surface area contributed by atoms with Gasteiger partial charge >= 0.3 is 12.1 Å². The van der Waals surface area contributed by atoms with E-state index in [1.54, 1.807) is 24.3 Å². The number of halogens is 4. The normalized spacial score (nSPS) is 10.9. The molecular formula is C20H18ClF3N2O4. The Balaban J connectivity index is 1.69. The van der Waals surface area contributed by atoms with Gasteiger partial charge in [-0.1, -0.05) is 29.8 Å². The number of anilines is 2. The average molecular weight is 443 g/mol. The van der Waals surface area contributed by atoms with Crippen molar-refractivity contribution >= 4 is 40.8 Å². The predicted octanol–water partition coefficient (Wildman–Crippen LogP) is 4.65. The van der Waals surface area contributed by atoms with Crippen molar-refractivity contribution in [2.24, 2.45) is 0 Å². The van der Waals surface area contributed by atoms with Gasteiger partial charge in [0.15, 0.2) is 6.61 Å². The van der Waals surface area contributed by atoms with E-state index in [9.17, 15) is 27.6 Å². The summed E-state index contributed by atoms with van der Waals surface area (Å²) in [5.41, 5.74) is -0.521. The van der Waals surface area contributed by atoms with Gasteiger partial charge < -0.3 is 15.4 Å². The molecule has 2 amide bonds. The molecule has 0 atom stereocenters. The van der Waals surface area contributed by atoms with Crippen molar-refractivity contribution in [3.8, 4) is 0 Å². The molecule has 0 aliphatic carbocycles. The lowest BCUT2D eigenvalue weighted by molar-refractivity contribution is -0.147. The molecule has 0 bridgehead atoms. The van der Waals surface area contributed by atoms with Gasteiger partial charge in [0.1, 0.15) is 0 Å². The number of nitrogens with one attached hydrogen (secondary N) is 2. The number of para-hydroxylation sites is 1. The van der Waals surface area contributed by atoms with E-state index in [-0.39, 0.29) is 30.9 Å². The maximum absolute atomic E-state index is 12.7. The number of amides is 2. The number of carbonyl (C=O) groups is 3. The highest BCUT2D eigenvalue weighted by Crippen LogP contribution is 2.30. The fourth-order valence-corrected chi connectivity index (χ4v) is 2.54. The summed E-state index contributed by atoms with van der Waals surface area (Å²) in [4.78, 5) is 35.3. The second kappa shape index (κ2) is 10.6. The number of ether oxygens (including phenoxy) is 1. The van der Waals surface area contributed by atoms with Crippen molar-refractivity contribution in [1.82, 2.24) is 0 Å². The predicted molar refractivity (Wildman–Crippen MR) is 105 cm³/mol. The molecule has 0 aliphatic rings. The molecule has 2 aromatic rings. The number of hydrogen-bond acceptors (Lipinski definition) is 4. The second-order valence-corrected chi connectivity index (χ2v) is 6.58. The van der Waals surface area contributed by atoms with E-state index in [0.29, 0.717) is 10.7 Å². The Morgan fingerprint density at radius 3 is 2.37 bits per heavy atom. The Hall–Kier alpha value is -3.07. The fraction of sp³-hybridized carbons (Fsp3) is 0.250. The Labute approximate surface area is 175 Å². The van der Waals surface area contributed by atoms with Gasteiger partial charge in [0, 0.05) is 18.5 Å². The topological polar surface area (TPSA) is 84.5 Å². The molecule has 0 radical (unpaired) electrons. The van der Waals surface area contributed by atoms with Gasteiger partial charge in [0.05, 0.1) is 16.3 Å². The molecule has 160 valence electrons. The first-order valence-corrected chi connectivity index (χ1v) is 9.20. The first-order valence-electron chi connectivity index (χ1n) is 8.82. The minimum absolute atomic E-state index is 0.0384. The zero-order valence-corrected chi connectivity index (χ0v) is 16.3. The van der Waals surface area contributed by atoms with Crippen molar-refractivity contribution in [3.05, 3.63) is 59.1 Å². The van der Waals surface area contributed by atoms with Crippen LogP contribution in [-0.4, -0.2) is 24.4 Å². The van der Waals surface area contributed by atoms with E-state index in [1.165, 1.54) is 6.07 Å². The van der Waals surface area contributed by atoms with Crippen LogP contribution in [0.25, 0.3) is 0 Å². The molecule has 0 spiro atoms. The molecule has 6 nitrogen and oxygen atoms in total. The molecular weight excluding hydrogens is 425 g/mol. The highest BCUT2D eigenvalue weighted by molar-refractivity contribution is 6.33. The van der Waals surface area contributed by atoms with Crippen LogP contribution in [0, 0.1) is 0 Å². The van der Waals surface area contributed by atoms with E-state index in [2.05, 4.69) is 10.6 Å². The van der Waals surface area contributed by atoms with Crippen LogP contribution in [-0.2, 0) is 25.3 Å². The van der Waals surface area contributed by atoms with Crippen LogP contribution in [0.5, 0.6) is 0 Å². The first kappa shape index (κ1) is 23.2. The third kappa shape index (κ3) is 7.75. The summed E-state index contributed by atoms with van der Waals surface area (Å²) in [5.74, 6) is -1.82. The van der Waals surface area contributed by atoms with Crippen molar-refractivity contribution in [2.75, 3.05) is 17.2 Å². The lowest BCUT2D eigenvalue weighted by atomic mass is 10.2. The third-order valence-electron chi connectivity index (χ3n) is 3.77. The minimum atomic E-state index is -4.54. The number of hydrogen-bond donors (Lipinski definition) is 2. The van der Waals surface area contributed by atoms with E-state index >= 15 is 0 Å². The van der Waals surface area contributed by atoms with Crippen LogP contribution >= 0.6 is 11.6 Å². The lowest BCUT2D eigenvalue weighted by Crippen LogP contribution is -2.21. The molecule has 0 fully saturated rings. The minimum Gasteiger partial charge on any atom is -0.456 e. The Bertz CT molecular complexity index is 919. The van der Waals surface area contributed by atoms with Gasteiger partial charge in [-0.3, -0.25) is 14.4 Å². The maximum Gasteiger partial charge on any atom is 0.416 e. The highest BCUT2D eigenvalue weighted by Gasteiger charge is 2.30. The van der Waals surface area contributed by atoms with Crippen LogP contribution in [0.15, 0.2) is 48.5 Å².